The van der Waals surface area contributed by atoms with Crippen LogP contribution in [0.5, 0.6) is 0 Å². The lowest BCUT2D eigenvalue weighted by Gasteiger charge is -2.34. The number of hydrogen-bond acceptors (Lipinski definition) is 3. The number of rotatable bonds is 5. The molecule has 31 heavy (non-hydrogen) atoms. The Hall–Kier alpha value is -3.32. The van der Waals surface area contributed by atoms with E-state index >= 15 is 0 Å². The van der Waals surface area contributed by atoms with Crippen molar-refractivity contribution in [2.24, 2.45) is 0 Å². The molecule has 5 heteroatoms. The standard InChI is InChI=1S/C26H19IN4/c27-24-18-16-20(17-19-24)25-28-30-31(29-25)26(21-10-4-1-5-11-21,22-12-6-2-7-13-22)23-14-8-3-9-15-23/h1-19H. The van der Waals surface area contributed by atoms with Gasteiger partial charge in [-0.3, -0.25) is 0 Å². The van der Waals surface area contributed by atoms with Crippen LogP contribution in [0.25, 0.3) is 11.4 Å². The van der Waals surface area contributed by atoms with E-state index in [2.05, 4.69) is 81.4 Å². The van der Waals surface area contributed by atoms with Gasteiger partial charge in [0.2, 0.25) is 5.82 Å². The van der Waals surface area contributed by atoms with Gasteiger partial charge in [-0.2, -0.15) is 0 Å². The van der Waals surface area contributed by atoms with Gasteiger partial charge in [0.1, 0.15) is 0 Å². The van der Waals surface area contributed by atoms with Gasteiger partial charge in [0.25, 0.3) is 0 Å². The molecular formula is C26H19IN4. The molecule has 4 aromatic carbocycles. The Morgan fingerprint density at radius 2 is 1.03 bits per heavy atom. The summed E-state index contributed by atoms with van der Waals surface area (Å²) < 4.78 is 1.17. The van der Waals surface area contributed by atoms with Crippen molar-refractivity contribution < 1.29 is 0 Å². The van der Waals surface area contributed by atoms with E-state index in [4.69, 9.17) is 5.10 Å². The van der Waals surface area contributed by atoms with Gasteiger partial charge in [0.15, 0.2) is 5.54 Å². The summed E-state index contributed by atoms with van der Waals surface area (Å²) in [6.45, 7) is 0. The molecule has 0 radical (unpaired) electrons. The fraction of sp³-hybridized carbons (Fsp3) is 0.0385. The Labute approximate surface area is 194 Å². The molecule has 4 nitrogen and oxygen atoms in total. The first-order valence-electron chi connectivity index (χ1n) is 10.0. The lowest BCUT2D eigenvalue weighted by atomic mass is 9.77. The van der Waals surface area contributed by atoms with Crippen molar-refractivity contribution in [2.75, 3.05) is 0 Å². The number of halogens is 1. The smallest absolute Gasteiger partial charge is 0.144 e. The van der Waals surface area contributed by atoms with Gasteiger partial charge >= 0.3 is 0 Å². The van der Waals surface area contributed by atoms with Crippen LogP contribution >= 0.6 is 22.6 Å². The zero-order chi connectivity index (χ0) is 21.1. The molecule has 0 fully saturated rings. The summed E-state index contributed by atoms with van der Waals surface area (Å²) in [5.74, 6) is 0.601. The fourth-order valence-corrected chi connectivity index (χ4v) is 4.32. The predicted molar refractivity (Wildman–Crippen MR) is 131 cm³/mol. The van der Waals surface area contributed by atoms with Crippen molar-refractivity contribution in [1.82, 2.24) is 20.2 Å². The highest BCUT2D eigenvalue weighted by molar-refractivity contribution is 14.1. The maximum absolute atomic E-state index is 4.90. The maximum Gasteiger partial charge on any atom is 0.204 e. The zero-order valence-corrected chi connectivity index (χ0v) is 18.8. The Morgan fingerprint density at radius 3 is 1.48 bits per heavy atom. The zero-order valence-electron chi connectivity index (χ0n) is 16.6. The number of aromatic nitrogens is 4. The van der Waals surface area contributed by atoms with Gasteiger partial charge in [0, 0.05) is 9.13 Å². The third-order valence-electron chi connectivity index (χ3n) is 5.39. The van der Waals surface area contributed by atoms with Crippen LogP contribution in [0.3, 0.4) is 0 Å². The van der Waals surface area contributed by atoms with Gasteiger partial charge < -0.3 is 0 Å². The molecule has 0 bridgehead atoms. The van der Waals surface area contributed by atoms with Crippen molar-refractivity contribution in [1.29, 1.82) is 0 Å². The van der Waals surface area contributed by atoms with Crippen LogP contribution in [-0.2, 0) is 5.54 Å². The summed E-state index contributed by atoms with van der Waals surface area (Å²) in [7, 11) is 0. The van der Waals surface area contributed by atoms with Crippen molar-refractivity contribution in [3.63, 3.8) is 0 Å². The van der Waals surface area contributed by atoms with Crippen LogP contribution in [0.1, 0.15) is 16.7 Å². The molecule has 0 aliphatic carbocycles. The quantitative estimate of drug-likeness (QED) is 0.221. The summed E-state index contributed by atoms with van der Waals surface area (Å²) in [4.78, 5) is 1.75. The first kappa shape index (κ1) is 19.6. The molecule has 5 rings (SSSR count). The summed E-state index contributed by atoms with van der Waals surface area (Å²) >= 11 is 2.30. The van der Waals surface area contributed by atoms with Crippen LogP contribution < -0.4 is 0 Å². The highest BCUT2D eigenvalue weighted by Crippen LogP contribution is 2.39. The minimum absolute atomic E-state index is 0.601. The Balaban J connectivity index is 1.80. The SMILES string of the molecule is Ic1ccc(-c2nnn(C(c3ccccc3)(c3ccccc3)c3ccccc3)n2)cc1. The monoisotopic (exact) mass is 514 g/mol. The second-order valence-corrected chi connectivity index (χ2v) is 8.46. The molecule has 0 aliphatic rings. The molecule has 1 aromatic heterocycles. The lowest BCUT2D eigenvalue weighted by molar-refractivity contribution is 0.396. The van der Waals surface area contributed by atoms with Gasteiger partial charge in [-0.05, 0) is 56.6 Å². The van der Waals surface area contributed by atoms with E-state index in [-0.39, 0.29) is 0 Å². The van der Waals surface area contributed by atoms with E-state index in [1.807, 2.05) is 66.7 Å². The third kappa shape index (κ3) is 3.55. The Bertz CT molecular complexity index is 1170. The Kier molecular flexibility index (Phi) is 5.34. The molecule has 0 saturated carbocycles. The molecular weight excluding hydrogens is 495 g/mol. The van der Waals surface area contributed by atoms with Crippen molar-refractivity contribution in [2.45, 2.75) is 5.54 Å². The van der Waals surface area contributed by atoms with Crippen molar-refractivity contribution >= 4 is 22.6 Å². The van der Waals surface area contributed by atoms with Crippen molar-refractivity contribution in [3.05, 3.63) is 136 Å². The second kappa shape index (κ2) is 8.43. The Morgan fingerprint density at radius 1 is 0.581 bits per heavy atom. The molecule has 0 atom stereocenters. The molecule has 0 saturated heterocycles. The lowest BCUT2D eigenvalue weighted by Crippen LogP contribution is -2.39. The van der Waals surface area contributed by atoms with Gasteiger partial charge in [-0.1, -0.05) is 103 Å². The number of hydrogen-bond donors (Lipinski definition) is 0. The highest BCUT2D eigenvalue weighted by Gasteiger charge is 2.41. The highest BCUT2D eigenvalue weighted by atomic mass is 127. The minimum Gasteiger partial charge on any atom is -0.144 e. The number of tetrazole rings is 1. The molecule has 1 heterocycles. The summed E-state index contributed by atoms with van der Waals surface area (Å²) in [5, 5.41) is 13.9. The van der Waals surface area contributed by atoms with E-state index in [1.54, 1.807) is 4.80 Å². The first-order chi connectivity index (χ1) is 15.3. The van der Waals surface area contributed by atoms with Gasteiger partial charge in [-0.25, -0.2) is 0 Å². The molecule has 0 unspecified atom stereocenters. The average Bonchev–Trinajstić information content (AvgIpc) is 3.33. The maximum atomic E-state index is 4.90. The van der Waals surface area contributed by atoms with E-state index in [0.717, 1.165) is 22.3 Å². The van der Waals surface area contributed by atoms with Crippen LogP contribution in [0.2, 0.25) is 0 Å². The van der Waals surface area contributed by atoms with Crippen LogP contribution in [0, 0.1) is 3.57 Å². The normalized spacial score (nSPS) is 11.4. The van der Waals surface area contributed by atoms with E-state index < -0.39 is 5.54 Å². The second-order valence-electron chi connectivity index (χ2n) is 7.22. The number of nitrogens with zero attached hydrogens (tertiary/aromatic N) is 4. The molecule has 0 N–H and O–H groups in total. The largest absolute Gasteiger partial charge is 0.204 e. The van der Waals surface area contributed by atoms with E-state index in [0.29, 0.717) is 5.82 Å². The average molecular weight is 514 g/mol. The fourth-order valence-electron chi connectivity index (χ4n) is 3.96. The minimum atomic E-state index is -0.752. The van der Waals surface area contributed by atoms with Crippen LogP contribution in [-0.4, -0.2) is 20.2 Å². The summed E-state index contributed by atoms with van der Waals surface area (Å²) in [6.07, 6.45) is 0. The van der Waals surface area contributed by atoms with Gasteiger partial charge in [-0.15, -0.1) is 15.0 Å². The molecule has 150 valence electrons. The first-order valence-corrected chi connectivity index (χ1v) is 11.1. The summed E-state index contributed by atoms with van der Waals surface area (Å²) in [6, 6.07) is 39.2. The topological polar surface area (TPSA) is 43.6 Å². The van der Waals surface area contributed by atoms with E-state index in [1.165, 1.54) is 3.57 Å². The predicted octanol–water partition coefficient (Wildman–Crippen LogP) is 5.78. The van der Waals surface area contributed by atoms with Crippen LogP contribution in [0.4, 0.5) is 0 Å². The third-order valence-corrected chi connectivity index (χ3v) is 6.11. The summed E-state index contributed by atoms with van der Waals surface area (Å²) in [5.41, 5.74) is 3.39. The van der Waals surface area contributed by atoms with Gasteiger partial charge in [0.05, 0.1) is 0 Å². The molecule has 0 spiro atoms. The molecule has 0 aliphatic heterocycles. The van der Waals surface area contributed by atoms with Crippen molar-refractivity contribution in [3.8, 4) is 11.4 Å². The molecule has 0 amide bonds. The molecule has 5 aromatic rings. The van der Waals surface area contributed by atoms with E-state index in [9.17, 15) is 0 Å². The van der Waals surface area contributed by atoms with Crippen LogP contribution in [0.15, 0.2) is 115 Å². The number of benzene rings is 4.